The maximum absolute atomic E-state index is 12.7. The van der Waals surface area contributed by atoms with Gasteiger partial charge in [0.25, 0.3) is 0 Å². The fourth-order valence-electron chi connectivity index (χ4n) is 2.70. The Hall–Kier alpha value is -1.85. The molecule has 1 N–H and O–H groups in total. The zero-order chi connectivity index (χ0) is 20.6. The van der Waals surface area contributed by atoms with Gasteiger partial charge in [0, 0.05) is 39.6 Å². The lowest BCUT2D eigenvalue weighted by Gasteiger charge is -2.23. The Morgan fingerprint density at radius 2 is 1.90 bits per heavy atom. The van der Waals surface area contributed by atoms with E-state index in [1.54, 1.807) is 6.33 Å². The Bertz CT molecular complexity index is 758. The fraction of sp³-hybridized carbons (Fsp3) is 0.526. The van der Waals surface area contributed by atoms with Gasteiger partial charge in [-0.2, -0.15) is 13.2 Å². The third-order valence-corrected chi connectivity index (χ3v) is 4.20. The van der Waals surface area contributed by atoms with E-state index in [0.717, 1.165) is 36.4 Å². The van der Waals surface area contributed by atoms with Crippen LogP contribution in [0.5, 0.6) is 0 Å². The van der Waals surface area contributed by atoms with Gasteiger partial charge in [-0.1, -0.05) is 26.0 Å². The van der Waals surface area contributed by atoms with E-state index in [4.69, 9.17) is 0 Å². The van der Waals surface area contributed by atoms with E-state index in [0.29, 0.717) is 32.1 Å². The Balaban J connectivity index is 0.00000420. The monoisotopic (exact) mass is 524 g/mol. The molecule has 10 heteroatoms. The molecule has 0 bridgehead atoms. The molecule has 0 amide bonds. The smallest absolute Gasteiger partial charge is 0.354 e. The standard InChI is InChI=1S/C19H27F3N6.HI/c1-4-10-23-18(24-11-12-28-14-25-26-17(28)5-2)27(3)13-15-6-8-16(9-7-15)19(20,21)22;/h6-9,14H,4-5,10-13H2,1-3H3,(H,23,24);1H. The van der Waals surface area contributed by atoms with Crippen molar-refractivity contribution >= 4 is 29.9 Å². The van der Waals surface area contributed by atoms with E-state index in [1.807, 2.05) is 30.4 Å². The van der Waals surface area contributed by atoms with Crippen LogP contribution in [-0.4, -0.2) is 45.8 Å². The molecule has 0 aliphatic rings. The number of rotatable bonds is 8. The number of nitrogens with zero attached hydrogens (tertiary/aromatic N) is 5. The highest BCUT2D eigenvalue weighted by Gasteiger charge is 2.29. The Morgan fingerprint density at radius 3 is 2.48 bits per heavy atom. The van der Waals surface area contributed by atoms with Crippen molar-refractivity contribution in [1.82, 2.24) is 25.0 Å². The minimum atomic E-state index is -4.32. The van der Waals surface area contributed by atoms with E-state index < -0.39 is 11.7 Å². The number of benzene rings is 1. The number of halogens is 4. The minimum absolute atomic E-state index is 0. The number of aromatic nitrogens is 3. The minimum Gasteiger partial charge on any atom is -0.354 e. The number of hydrogen-bond acceptors (Lipinski definition) is 3. The van der Waals surface area contributed by atoms with E-state index in [9.17, 15) is 13.2 Å². The molecule has 162 valence electrons. The van der Waals surface area contributed by atoms with Gasteiger partial charge in [-0.15, -0.1) is 34.2 Å². The van der Waals surface area contributed by atoms with Gasteiger partial charge in [0.15, 0.2) is 5.96 Å². The van der Waals surface area contributed by atoms with E-state index >= 15 is 0 Å². The molecule has 0 aliphatic carbocycles. The van der Waals surface area contributed by atoms with Crippen molar-refractivity contribution in [2.45, 2.75) is 46.0 Å². The summed E-state index contributed by atoms with van der Waals surface area (Å²) in [5, 5.41) is 11.3. The first-order valence-corrected chi connectivity index (χ1v) is 9.37. The van der Waals surface area contributed by atoms with Crippen molar-refractivity contribution in [2.24, 2.45) is 4.99 Å². The lowest BCUT2D eigenvalue weighted by atomic mass is 10.1. The van der Waals surface area contributed by atoms with Crippen LogP contribution < -0.4 is 5.32 Å². The lowest BCUT2D eigenvalue weighted by Crippen LogP contribution is -2.40. The van der Waals surface area contributed by atoms with Crippen molar-refractivity contribution in [1.29, 1.82) is 0 Å². The summed E-state index contributed by atoms with van der Waals surface area (Å²) < 4.78 is 40.1. The van der Waals surface area contributed by atoms with Crippen LogP contribution in [-0.2, 0) is 25.7 Å². The average molecular weight is 524 g/mol. The van der Waals surface area contributed by atoms with Crippen molar-refractivity contribution in [3.8, 4) is 0 Å². The molecule has 0 atom stereocenters. The van der Waals surface area contributed by atoms with Gasteiger partial charge in [0.1, 0.15) is 12.2 Å². The molecule has 6 nitrogen and oxygen atoms in total. The highest BCUT2D eigenvalue weighted by Crippen LogP contribution is 2.29. The summed E-state index contributed by atoms with van der Waals surface area (Å²) in [6.45, 7) is 6.55. The highest BCUT2D eigenvalue weighted by atomic mass is 127. The van der Waals surface area contributed by atoms with Crippen LogP contribution >= 0.6 is 24.0 Å². The summed E-state index contributed by atoms with van der Waals surface area (Å²) >= 11 is 0. The van der Waals surface area contributed by atoms with Crippen molar-refractivity contribution in [3.05, 3.63) is 47.5 Å². The van der Waals surface area contributed by atoms with Crippen molar-refractivity contribution in [2.75, 3.05) is 20.1 Å². The number of guanidine groups is 1. The zero-order valence-electron chi connectivity index (χ0n) is 16.9. The number of aliphatic imine (C=N–C) groups is 1. The van der Waals surface area contributed by atoms with Crippen molar-refractivity contribution < 1.29 is 13.2 Å². The quantitative estimate of drug-likeness (QED) is 0.323. The molecule has 0 spiro atoms. The molecular formula is C19H28F3IN6. The molecule has 2 rings (SSSR count). The topological polar surface area (TPSA) is 58.3 Å². The Labute approximate surface area is 186 Å². The largest absolute Gasteiger partial charge is 0.416 e. The summed E-state index contributed by atoms with van der Waals surface area (Å²) in [4.78, 5) is 6.48. The van der Waals surface area contributed by atoms with Crippen LogP contribution in [0, 0.1) is 0 Å². The molecular weight excluding hydrogens is 496 g/mol. The second-order valence-electron chi connectivity index (χ2n) is 6.48. The van der Waals surface area contributed by atoms with Gasteiger partial charge in [-0.25, -0.2) is 0 Å². The van der Waals surface area contributed by atoms with Gasteiger partial charge in [-0.05, 0) is 24.1 Å². The predicted octanol–water partition coefficient (Wildman–Crippen LogP) is 3.96. The molecule has 1 aromatic heterocycles. The highest BCUT2D eigenvalue weighted by molar-refractivity contribution is 14.0. The molecule has 29 heavy (non-hydrogen) atoms. The zero-order valence-corrected chi connectivity index (χ0v) is 19.2. The van der Waals surface area contributed by atoms with Crippen LogP contribution in [0.3, 0.4) is 0 Å². The number of nitrogens with one attached hydrogen (secondary N) is 1. The maximum Gasteiger partial charge on any atom is 0.416 e. The Morgan fingerprint density at radius 1 is 1.21 bits per heavy atom. The maximum atomic E-state index is 12.7. The fourth-order valence-corrected chi connectivity index (χ4v) is 2.70. The van der Waals surface area contributed by atoms with Crippen LogP contribution in [0.25, 0.3) is 0 Å². The Kier molecular flexibility index (Phi) is 10.4. The first-order valence-electron chi connectivity index (χ1n) is 9.37. The van der Waals surface area contributed by atoms with Crippen LogP contribution in [0.1, 0.15) is 37.2 Å². The molecule has 0 saturated carbocycles. The van der Waals surface area contributed by atoms with Gasteiger partial charge in [0.05, 0.1) is 5.56 Å². The first kappa shape index (κ1) is 25.2. The second kappa shape index (κ2) is 12.0. The van der Waals surface area contributed by atoms with Gasteiger partial charge in [-0.3, -0.25) is 4.99 Å². The molecule has 0 fully saturated rings. The third-order valence-electron chi connectivity index (χ3n) is 4.20. The molecule has 0 aliphatic heterocycles. The normalized spacial score (nSPS) is 11.9. The third kappa shape index (κ3) is 7.82. The number of alkyl halides is 3. The van der Waals surface area contributed by atoms with Crippen LogP contribution in [0.2, 0.25) is 0 Å². The van der Waals surface area contributed by atoms with E-state index in [1.165, 1.54) is 12.1 Å². The second-order valence-corrected chi connectivity index (χ2v) is 6.48. The molecule has 1 aromatic carbocycles. The summed E-state index contributed by atoms with van der Waals surface area (Å²) in [6, 6.07) is 5.22. The summed E-state index contributed by atoms with van der Waals surface area (Å²) in [5.74, 6) is 1.64. The van der Waals surface area contributed by atoms with E-state index in [-0.39, 0.29) is 24.0 Å². The van der Waals surface area contributed by atoms with Gasteiger partial charge in [0.2, 0.25) is 0 Å². The van der Waals surface area contributed by atoms with Crippen LogP contribution in [0.15, 0.2) is 35.6 Å². The summed E-state index contributed by atoms with van der Waals surface area (Å²) in [5.41, 5.74) is 0.145. The predicted molar refractivity (Wildman–Crippen MR) is 118 cm³/mol. The molecule has 1 heterocycles. The van der Waals surface area contributed by atoms with E-state index in [2.05, 4.69) is 20.5 Å². The summed E-state index contributed by atoms with van der Waals surface area (Å²) in [6.07, 6.45) is -0.899. The van der Waals surface area contributed by atoms with Gasteiger partial charge < -0.3 is 14.8 Å². The molecule has 0 radical (unpaired) electrons. The van der Waals surface area contributed by atoms with Crippen LogP contribution in [0.4, 0.5) is 13.2 Å². The number of aryl methyl sites for hydroxylation is 1. The molecule has 0 saturated heterocycles. The molecule has 0 unspecified atom stereocenters. The summed E-state index contributed by atoms with van der Waals surface area (Å²) in [7, 11) is 1.87. The van der Waals surface area contributed by atoms with Crippen molar-refractivity contribution in [3.63, 3.8) is 0 Å². The molecule has 2 aromatic rings. The average Bonchev–Trinajstić information content (AvgIpc) is 3.11. The lowest BCUT2D eigenvalue weighted by molar-refractivity contribution is -0.137. The van der Waals surface area contributed by atoms with Gasteiger partial charge >= 0.3 is 6.18 Å². The number of hydrogen-bond donors (Lipinski definition) is 1. The SMILES string of the molecule is CCCN=C(NCCn1cnnc1CC)N(C)Cc1ccc(C(F)(F)F)cc1.I. The first-order chi connectivity index (χ1) is 13.3.